The predicted octanol–water partition coefficient (Wildman–Crippen LogP) is -0.0100. The number of carbonyl (C=O) groups is 1. The summed E-state index contributed by atoms with van der Waals surface area (Å²) in [6.45, 7) is 2.65. The van der Waals surface area contributed by atoms with Crippen molar-refractivity contribution in [1.82, 2.24) is 5.32 Å². The van der Waals surface area contributed by atoms with Crippen molar-refractivity contribution in [3.05, 3.63) is 0 Å². The summed E-state index contributed by atoms with van der Waals surface area (Å²) in [6, 6.07) is -0.118. The first kappa shape index (κ1) is 9.75. The summed E-state index contributed by atoms with van der Waals surface area (Å²) in [5.74, 6) is -0.126. The van der Waals surface area contributed by atoms with Gasteiger partial charge in [-0.2, -0.15) is 0 Å². The van der Waals surface area contributed by atoms with E-state index in [0.717, 1.165) is 23.8 Å². The molecule has 0 bridgehead atoms. The Balaban J connectivity index is 2.30. The van der Waals surface area contributed by atoms with E-state index in [4.69, 9.17) is 4.74 Å². The van der Waals surface area contributed by atoms with Crippen LogP contribution < -0.4 is 5.32 Å². The summed E-state index contributed by atoms with van der Waals surface area (Å²) in [6.07, 6.45) is 2.84. The van der Waals surface area contributed by atoms with E-state index in [9.17, 15) is 4.79 Å². The molecular weight excluding hydrogens is 221 g/mol. The van der Waals surface area contributed by atoms with Crippen molar-refractivity contribution in [1.29, 1.82) is 0 Å². The second-order valence-electron chi connectivity index (χ2n) is 2.83. The number of nitrogens with one attached hydrogen (secondary N) is 1. The minimum atomic E-state index is -0.126. The Labute approximate surface area is 80.2 Å². The molecule has 1 aliphatic heterocycles. The molecule has 1 atom stereocenters. The van der Waals surface area contributed by atoms with Crippen LogP contribution in [0.15, 0.2) is 0 Å². The third-order valence-corrected chi connectivity index (χ3v) is 2.42. The summed E-state index contributed by atoms with van der Waals surface area (Å²) in [5.41, 5.74) is 0. The summed E-state index contributed by atoms with van der Waals surface area (Å²) in [7, 11) is 0. The van der Waals surface area contributed by atoms with Gasteiger partial charge in [0.05, 0.1) is 0 Å². The van der Waals surface area contributed by atoms with Crippen LogP contribution in [-0.4, -0.2) is 38.7 Å². The third-order valence-electron chi connectivity index (χ3n) is 1.75. The molecule has 1 unspecified atom stereocenters. The van der Waals surface area contributed by atoms with Gasteiger partial charge in [0.1, 0.15) is 0 Å². The molecule has 1 fully saturated rings. The fourth-order valence-corrected chi connectivity index (χ4v) is 1.85. The first-order chi connectivity index (χ1) is 5.74. The molecule has 4 heteroatoms. The summed E-state index contributed by atoms with van der Waals surface area (Å²) in [5, 5.41) is 3.12. The van der Waals surface area contributed by atoms with Crippen LogP contribution in [0.25, 0.3) is 0 Å². The molecule has 1 rings (SSSR count). The first-order valence-corrected chi connectivity index (χ1v) is 5.05. The molecule has 1 saturated heterocycles. The SMILES string of the molecule is CCCC(=[Se])NC1CCOC1=O. The van der Waals surface area contributed by atoms with Gasteiger partial charge in [0, 0.05) is 0 Å². The number of ether oxygens (including phenoxy) is 1. The molecule has 12 heavy (non-hydrogen) atoms. The number of rotatable bonds is 4. The van der Waals surface area contributed by atoms with E-state index in [1.807, 2.05) is 0 Å². The molecule has 0 aromatic heterocycles. The van der Waals surface area contributed by atoms with Crippen LogP contribution in [0.4, 0.5) is 0 Å². The zero-order valence-electron chi connectivity index (χ0n) is 7.13. The monoisotopic (exact) mass is 235 g/mol. The Morgan fingerprint density at radius 1 is 1.83 bits per heavy atom. The molecule has 0 spiro atoms. The van der Waals surface area contributed by atoms with Crippen molar-refractivity contribution >= 4 is 26.1 Å². The van der Waals surface area contributed by atoms with Gasteiger partial charge in [0.25, 0.3) is 0 Å². The van der Waals surface area contributed by atoms with E-state index in [1.54, 1.807) is 0 Å². The van der Waals surface area contributed by atoms with Gasteiger partial charge in [-0.25, -0.2) is 0 Å². The maximum absolute atomic E-state index is 11.0. The second kappa shape index (κ2) is 4.63. The Morgan fingerprint density at radius 2 is 2.58 bits per heavy atom. The zero-order chi connectivity index (χ0) is 8.97. The van der Waals surface area contributed by atoms with Gasteiger partial charge in [0.2, 0.25) is 0 Å². The Hall–Kier alpha value is -0.341. The van der Waals surface area contributed by atoms with Crippen LogP contribution in [0.2, 0.25) is 0 Å². The van der Waals surface area contributed by atoms with Gasteiger partial charge in [0.15, 0.2) is 0 Å². The summed E-state index contributed by atoms with van der Waals surface area (Å²) in [4.78, 5) is 11.0. The topological polar surface area (TPSA) is 38.3 Å². The van der Waals surface area contributed by atoms with Crippen molar-refractivity contribution in [3.8, 4) is 0 Å². The molecule has 1 aliphatic rings. The van der Waals surface area contributed by atoms with Crippen LogP contribution in [0.5, 0.6) is 0 Å². The molecule has 0 amide bonds. The van der Waals surface area contributed by atoms with Crippen molar-refractivity contribution in [2.45, 2.75) is 32.2 Å². The molecule has 3 nitrogen and oxygen atoms in total. The van der Waals surface area contributed by atoms with Gasteiger partial charge < -0.3 is 0 Å². The van der Waals surface area contributed by atoms with Crippen molar-refractivity contribution in [3.63, 3.8) is 0 Å². The van der Waals surface area contributed by atoms with Gasteiger partial charge in [-0.3, -0.25) is 0 Å². The van der Waals surface area contributed by atoms with Crippen molar-refractivity contribution in [2.75, 3.05) is 6.61 Å². The summed E-state index contributed by atoms with van der Waals surface area (Å²) >= 11 is 2.92. The number of esters is 1. The maximum atomic E-state index is 11.0. The van der Waals surface area contributed by atoms with Crippen LogP contribution in [0.1, 0.15) is 26.2 Å². The van der Waals surface area contributed by atoms with E-state index < -0.39 is 0 Å². The fourth-order valence-electron chi connectivity index (χ4n) is 1.12. The minimum absolute atomic E-state index is 0.118. The van der Waals surface area contributed by atoms with Gasteiger partial charge in [-0.15, -0.1) is 0 Å². The van der Waals surface area contributed by atoms with Crippen LogP contribution in [0.3, 0.4) is 0 Å². The average Bonchev–Trinajstić information content (AvgIpc) is 2.37. The Bertz CT molecular complexity index is 193. The quantitative estimate of drug-likeness (QED) is 0.549. The molecule has 0 aliphatic carbocycles. The molecule has 0 saturated carbocycles. The van der Waals surface area contributed by atoms with E-state index in [-0.39, 0.29) is 12.0 Å². The molecule has 0 aromatic carbocycles. The van der Waals surface area contributed by atoms with Gasteiger partial charge in [-0.05, 0) is 0 Å². The molecule has 0 aromatic rings. The molecule has 68 valence electrons. The van der Waals surface area contributed by atoms with Gasteiger partial charge in [-0.1, -0.05) is 0 Å². The summed E-state index contributed by atoms with van der Waals surface area (Å²) < 4.78 is 5.87. The van der Waals surface area contributed by atoms with Crippen molar-refractivity contribution < 1.29 is 9.53 Å². The molecule has 1 N–H and O–H groups in total. The van der Waals surface area contributed by atoms with Crippen LogP contribution in [0, 0.1) is 0 Å². The predicted molar refractivity (Wildman–Crippen MR) is 48.2 cm³/mol. The molecular formula is C8H13NO2Se. The van der Waals surface area contributed by atoms with Crippen LogP contribution >= 0.6 is 0 Å². The zero-order valence-corrected chi connectivity index (χ0v) is 8.84. The van der Waals surface area contributed by atoms with Gasteiger partial charge >= 0.3 is 79.8 Å². The van der Waals surface area contributed by atoms with E-state index >= 15 is 0 Å². The number of hydrogen-bond acceptors (Lipinski definition) is 3. The molecule has 0 radical (unpaired) electrons. The average molecular weight is 234 g/mol. The normalized spacial score (nSPS) is 22.1. The van der Waals surface area contributed by atoms with E-state index in [2.05, 4.69) is 27.8 Å². The Morgan fingerprint density at radius 3 is 3.08 bits per heavy atom. The first-order valence-electron chi connectivity index (χ1n) is 4.20. The number of hydrogen-bond donors (Lipinski definition) is 1. The standard InChI is InChI=1S/C8H13NO2Se/c1-2-3-7(12)9-6-4-5-11-8(6)10/h6H,2-5H2,1H3,(H,9,12). The second-order valence-corrected chi connectivity index (χ2v) is 3.86. The van der Waals surface area contributed by atoms with E-state index in [1.165, 1.54) is 0 Å². The Kier molecular flexibility index (Phi) is 3.76. The fraction of sp³-hybridized carbons (Fsp3) is 0.750. The van der Waals surface area contributed by atoms with E-state index in [0.29, 0.717) is 6.61 Å². The van der Waals surface area contributed by atoms with Crippen molar-refractivity contribution in [2.24, 2.45) is 0 Å². The number of carbonyl (C=O) groups excluding carboxylic acids is 1. The third kappa shape index (κ3) is 2.61. The van der Waals surface area contributed by atoms with Crippen LogP contribution in [-0.2, 0) is 9.53 Å². The number of cyclic esters (lactones) is 1. The molecule has 1 heterocycles.